The van der Waals surface area contributed by atoms with Crippen molar-refractivity contribution < 1.29 is 41.2 Å². The molecule has 217 valence electrons. The van der Waals surface area contributed by atoms with Crippen molar-refractivity contribution >= 4 is 17.4 Å². The van der Waals surface area contributed by atoms with E-state index in [0.29, 0.717) is 23.2 Å². The summed E-state index contributed by atoms with van der Waals surface area (Å²) in [6, 6.07) is 1.62. The van der Waals surface area contributed by atoms with Gasteiger partial charge in [-0.1, -0.05) is 119 Å². The Labute approximate surface area is 241 Å². The average Bonchev–Trinajstić information content (AvgIpc) is 2.83. The van der Waals surface area contributed by atoms with E-state index in [1.54, 1.807) is 6.07 Å². The monoisotopic (exact) mass is 568 g/mol. The number of unbranched alkanes of at least 4 members (excludes halogenated alkanes) is 11. The van der Waals surface area contributed by atoms with Gasteiger partial charge in [0.05, 0.1) is 5.56 Å². The quantitative estimate of drug-likeness (QED) is 0.0664. The van der Waals surface area contributed by atoms with Crippen molar-refractivity contribution in [2.75, 3.05) is 5.73 Å². The molecule has 1 aromatic carbocycles. The summed E-state index contributed by atoms with van der Waals surface area (Å²) in [5, 5.41) is 9.83. The molecule has 1 rings (SSSR count). The average molecular weight is 569 g/mol. The van der Waals surface area contributed by atoms with E-state index >= 15 is 0 Å². The first-order valence-electron chi connectivity index (χ1n) is 14.7. The van der Waals surface area contributed by atoms with Gasteiger partial charge in [-0.25, -0.2) is 4.79 Å². The Kier molecular flexibility index (Phi) is 20.7. The van der Waals surface area contributed by atoms with Gasteiger partial charge in [0.2, 0.25) is 0 Å². The number of anilines is 1. The fourth-order valence-corrected chi connectivity index (χ4v) is 5.02. The van der Waals surface area contributed by atoms with Crippen LogP contribution in [0.2, 0.25) is 0 Å². The van der Waals surface area contributed by atoms with Crippen LogP contribution >= 0.6 is 0 Å². The number of hydrogen-bond acceptors (Lipinski definition) is 4. The molecule has 0 amide bonds. The Hall–Kier alpha value is -1.37. The zero-order valence-corrected chi connectivity index (χ0v) is 26.5. The van der Waals surface area contributed by atoms with Crippen LogP contribution < -0.4 is 5.73 Å². The minimum atomic E-state index is -1.75. The molecule has 0 aromatic heterocycles. The number of carbonyl (C=O) groups excluding carboxylic acids is 1. The zero-order chi connectivity index (χ0) is 29.1. The number of carbonyl (C=O) groups is 2. The van der Waals surface area contributed by atoms with Crippen LogP contribution in [-0.4, -0.2) is 20.5 Å². The van der Waals surface area contributed by atoms with E-state index < -0.39 is 25.5 Å². The van der Waals surface area contributed by atoms with Crippen molar-refractivity contribution in [3.8, 4) is 0 Å². The Balaban J connectivity index is 0.00000434. The van der Waals surface area contributed by atoms with E-state index in [2.05, 4.69) is 13.8 Å². The van der Waals surface area contributed by atoms with Crippen molar-refractivity contribution in [2.24, 2.45) is 5.92 Å². The molecule has 7 heteroatoms. The second kappa shape index (κ2) is 21.5. The summed E-state index contributed by atoms with van der Waals surface area (Å²) in [6.45, 7) is 12.6. The van der Waals surface area contributed by atoms with Gasteiger partial charge >= 0.3 is 32.5 Å². The van der Waals surface area contributed by atoms with Crippen molar-refractivity contribution in [3.05, 3.63) is 28.3 Å². The Morgan fingerprint density at radius 2 is 1.21 bits per heavy atom. The number of carboxylic acids is 1. The van der Waals surface area contributed by atoms with E-state index in [1.165, 1.54) is 64.2 Å². The van der Waals surface area contributed by atoms with Crippen LogP contribution in [0.15, 0.2) is 6.07 Å². The third-order valence-corrected chi connectivity index (χ3v) is 7.08. The van der Waals surface area contributed by atoms with Gasteiger partial charge in [0.15, 0.2) is 5.78 Å². The van der Waals surface area contributed by atoms with Crippen LogP contribution in [-0.2, 0) is 22.8 Å². The molecule has 6 nitrogen and oxygen atoms in total. The first-order valence-corrected chi connectivity index (χ1v) is 16.1. The number of hydrogen-bond donors (Lipinski definition) is 3. The van der Waals surface area contributed by atoms with Gasteiger partial charge in [0, 0.05) is 17.7 Å². The number of rotatable bonds is 19. The van der Waals surface area contributed by atoms with Crippen molar-refractivity contribution in [1.29, 1.82) is 0 Å². The third-order valence-electron chi connectivity index (χ3n) is 7.08. The van der Waals surface area contributed by atoms with Gasteiger partial charge in [-0.3, -0.25) is 4.79 Å². The van der Waals surface area contributed by atoms with E-state index in [1.807, 2.05) is 27.7 Å². The third kappa shape index (κ3) is 14.7. The van der Waals surface area contributed by atoms with Crippen LogP contribution in [0.5, 0.6) is 0 Å². The molecular weight excluding hydrogens is 514 g/mol. The Morgan fingerprint density at radius 3 is 1.58 bits per heavy atom. The molecule has 38 heavy (non-hydrogen) atoms. The topological polar surface area (TPSA) is 118 Å². The van der Waals surface area contributed by atoms with E-state index in [-0.39, 0.29) is 23.2 Å². The molecule has 0 aliphatic heterocycles. The van der Waals surface area contributed by atoms with Gasteiger partial charge in [-0.05, 0) is 41.4 Å². The van der Waals surface area contributed by atoms with Crippen LogP contribution in [0.4, 0.5) is 5.69 Å². The molecule has 0 unspecified atom stereocenters. The molecule has 0 spiro atoms. The second-order valence-electron chi connectivity index (χ2n) is 11.5. The molecule has 0 aliphatic rings. The summed E-state index contributed by atoms with van der Waals surface area (Å²) in [5.41, 5.74) is 8.98. The second-order valence-corrected chi connectivity index (χ2v) is 11.8. The molecule has 0 fully saturated rings. The SMILES string of the molecule is CC(C)CCCCCCCCCCCCCCC(=O)c1c(C(=O)O)cc(C(C)C)c(N)c1C(C)C.[O]=[Ti][OH]. The predicted molar refractivity (Wildman–Crippen MR) is 153 cm³/mol. The minimum absolute atomic E-state index is 0.00853. The van der Waals surface area contributed by atoms with Crippen molar-refractivity contribution in [2.45, 2.75) is 143 Å². The van der Waals surface area contributed by atoms with Gasteiger partial charge < -0.3 is 10.8 Å². The van der Waals surface area contributed by atoms with E-state index in [9.17, 15) is 14.7 Å². The Bertz CT molecular complexity index is 836. The number of aromatic carboxylic acids is 1. The standard InChI is InChI=1S/C31H53NO3.H2O.O.Ti/c1-22(2)19-17-15-13-11-9-7-8-10-12-14-16-18-20-27(33)29-26(31(34)35)21-25(23(3)4)30(32)28(29)24(5)6;;;/h21-24H,7-20,32H2,1-6H3,(H,34,35);1H2;;/q;;;+1/p-1. The number of benzene rings is 1. The number of Topliss-reactive ketones (excluding diaryl/α,β-unsaturated/α-hetero) is 1. The molecule has 1 aromatic rings. The van der Waals surface area contributed by atoms with Gasteiger partial charge in [0.1, 0.15) is 0 Å². The first kappa shape index (κ1) is 36.6. The molecular formula is C31H54NO5Ti. The Morgan fingerprint density at radius 1 is 0.789 bits per heavy atom. The van der Waals surface area contributed by atoms with Gasteiger partial charge in [-0.15, -0.1) is 0 Å². The molecule has 0 atom stereocenters. The molecule has 0 heterocycles. The predicted octanol–water partition coefficient (Wildman–Crippen LogP) is 8.84. The molecule has 4 N–H and O–H groups in total. The maximum atomic E-state index is 13.1. The normalized spacial score (nSPS) is 11.0. The number of nitrogen functional groups attached to an aromatic ring is 1. The van der Waals surface area contributed by atoms with Gasteiger partial charge in [-0.2, -0.15) is 0 Å². The van der Waals surface area contributed by atoms with Crippen molar-refractivity contribution in [1.82, 2.24) is 0 Å². The fraction of sp³-hybridized carbons (Fsp3) is 0.742. The number of carboxylic acid groups (broad SMARTS) is 1. The molecule has 0 radical (unpaired) electrons. The summed E-state index contributed by atoms with van der Waals surface area (Å²) < 4.78 is 15.8. The molecule has 0 aliphatic carbocycles. The summed E-state index contributed by atoms with van der Waals surface area (Å²) in [7, 11) is 0. The van der Waals surface area contributed by atoms with E-state index in [0.717, 1.165) is 30.7 Å². The van der Waals surface area contributed by atoms with E-state index in [4.69, 9.17) is 12.7 Å². The van der Waals surface area contributed by atoms with Crippen LogP contribution in [0.25, 0.3) is 0 Å². The van der Waals surface area contributed by atoms with Crippen LogP contribution in [0.1, 0.15) is 175 Å². The van der Waals surface area contributed by atoms with Crippen LogP contribution in [0, 0.1) is 5.92 Å². The van der Waals surface area contributed by atoms with Crippen LogP contribution in [0.3, 0.4) is 0 Å². The molecule has 0 saturated heterocycles. The fourth-order valence-electron chi connectivity index (χ4n) is 5.02. The summed E-state index contributed by atoms with van der Waals surface area (Å²) in [4.78, 5) is 25.2. The zero-order valence-electron chi connectivity index (χ0n) is 24.9. The number of ketones is 1. The summed E-state index contributed by atoms with van der Waals surface area (Å²) in [6.07, 6.45) is 16.7. The summed E-state index contributed by atoms with van der Waals surface area (Å²) >= 11 is -1.75. The number of nitrogens with two attached hydrogens (primary N) is 1. The first-order chi connectivity index (χ1) is 18.0. The summed E-state index contributed by atoms with van der Waals surface area (Å²) in [5.74, 6) is -0.202. The molecule has 0 bridgehead atoms. The maximum absolute atomic E-state index is 13.1. The van der Waals surface area contributed by atoms with Gasteiger partial charge in [0.25, 0.3) is 0 Å². The van der Waals surface area contributed by atoms with Crippen molar-refractivity contribution in [3.63, 3.8) is 0 Å². The molecule has 0 saturated carbocycles.